The van der Waals surface area contributed by atoms with E-state index in [1.807, 2.05) is 0 Å². The van der Waals surface area contributed by atoms with Gasteiger partial charge in [-0.1, -0.05) is 0 Å². The Hall–Kier alpha value is -1.85. The lowest BCUT2D eigenvalue weighted by molar-refractivity contribution is -0.137. The molecule has 1 aromatic heterocycles. The molecule has 0 bridgehead atoms. The predicted octanol–water partition coefficient (Wildman–Crippen LogP) is -0.140. The Balaban J connectivity index is 1.98. The van der Waals surface area contributed by atoms with Gasteiger partial charge in [0, 0.05) is 12.2 Å². The van der Waals surface area contributed by atoms with E-state index in [1.165, 1.54) is 17.1 Å². The van der Waals surface area contributed by atoms with Crippen LogP contribution in [0.1, 0.15) is 23.2 Å². The fourth-order valence-electron chi connectivity index (χ4n) is 1.20. The quantitative estimate of drug-likeness (QED) is 0.722. The molecule has 1 aliphatic rings. The summed E-state index contributed by atoms with van der Waals surface area (Å²) in [5, 5.41) is 15.1. The number of carbonyl (C=O) groups excluding carboxylic acids is 1. The van der Waals surface area contributed by atoms with E-state index < -0.39 is 5.97 Å². The molecule has 2 rings (SSSR count). The highest BCUT2D eigenvalue weighted by Crippen LogP contribution is 2.19. The third-order valence-electron chi connectivity index (χ3n) is 2.11. The molecular formula is C9H11N3O3. The van der Waals surface area contributed by atoms with Crippen molar-refractivity contribution >= 4 is 11.9 Å². The van der Waals surface area contributed by atoms with Gasteiger partial charge in [0.25, 0.3) is 5.91 Å². The van der Waals surface area contributed by atoms with Crippen LogP contribution in [-0.4, -0.2) is 32.8 Å². The molecule has 0 aliphatic heterocycles. The van der Waals surface area contributed by atoms with Crippen LogP contribution in [-0.2, 0) is 11.3 Å². The van der Waals surface area contributed by atoms with Crippen LogP contribution < -0.4 is 5.32 Å². The van der Waals surface area contributed by atoms with Crippen LogP contribution in [0.3, 0.4) is 0 Å². The molecule has 0 spiro atoms. The lowest BCUT2D eigenvalue weighted by Crippen LogP contribution is -2.24. The maximum absolute atomic E-state index is 11.5. The van der Waals surface area contributed by atoms with Crippen molar-refractivity contribution in [3.63, 3.8) is 0 Å². The summed E-state index contributed by atoms with van der Waals surface area (Å²) in [5.41, 5.74) is 0.406. The third-order valence-corrected chi connectivity index (χ3v) is 2.11. The van der Waals surface area contributed by atoms with Crippen molar-refractivity contribution in [2.24, 2.45) is 0 Å². The molecule has 15 heavy (non-hydrogen) atoms. The highest BCUT2D eigenvalue weighted by atomic mass is 16.4. The zero-order valence-electron chi connectivity index (χ0n) is 8.01. The van der Waals surface area contributed by atoms with E-state index in [2.05, 4.69) is 10.4 Å². The van der Waals surface area contributed by atoms with E-state index in [0.717, 1.165) is 12.8 Å². The summed E-state index contributed by atoms with van der Waals surface area (Å²) in [6.07, 6.45) is 4.86. The van der Waals surface area contributed by atoms with Gasteiger partial charge in [0.2, 0.25) is 0 Å². The Labute approximate surface area is 85.9 Å². The van der Waals surface area contributed by atoms with E-state index in [0.29, 0.717) is 11.6 Å². The maximum atomic E-state index is 11.5. The first-order valence-electron chi connectivity index (χ1n) is 4.70. The number of hydrogen-bond donors (Lipinski definition) is 2. The Kier molecular flexibility index (Phi) is 2.40. The van der Waals surface area contributed by atoms with E-state index in [9.17, 15) is 9.59 Å². The van der Waals surface area contributed by atoms with Gasteiger partial charge in [-0.05, 0) is 12.8 Å². The molecule has 1 saturated carbocycles. The monoisotopic (exact) mass is 209 g/mol. The molecule has 2 N–H and O–H groups in total. The topological polar surface area (TPSA) is 84.2 Å². The second-order valence-corrected chi connectivity index (χ2v) is 3.57. The summed E-state index contributed by atoms with van der Waals surface area (Å²) in [6, 6.07) is 0.292. The number of aliphatic carboxylic acids is 1. The number of hydrogen-bond acceptors (Lipinski definition) is 3. The maximum Gasteiger partial charge on any atom is 0.325 e. The van der Waals surface area contributed by atoms with Crippen molar-refractivity contribution in [2.75, 3.05) is 0 Å². The number of carboxylic acid groups (broad SMARTS) is 1. The number of nitrogens with one attached hydrogen (secondary N) is 1. The minimum Gasteiger partial charge on any atom is -0.480 e. The minimum absolute atomic E-state index is 0.186. The van der Waals surface area contributed by atoms with E-state index in [4.69, 9.17) is 5.11 Å². The van der Waals surface area contributed by atoms with Crippen molar-refractivity contribution < 1.29 is 14.7 Å². The van der Waals surface area contributed by atoms with Gasteiger partial charge >= 0.3 is 5.97 Å². The summed E-state index contributed by atoms with van der Waals surface area (Å²) < 4.78 is 1.23. The standard InChI is InChI=1S/C9H11N3O3/c13-8(14)5-12-4-6(3-10-12)9(15)11-7-1-2-7/h3-4,7H,1-2,5H2,(H,11,15)(H,13,14). The van der Waals surface area contributed by atoms with Gasteiger partial charge < -0.3 is 10.4 Å². The molecule has 1 amide bonds. The minimum atomic E-state index is -0.979. The van der Waals surface area contributed by atoms with Crippen LogP contribution in [0.15, 0.2) is 12.4 Å². The molecule has 1 aliphatic carbocycles. The zero-order valence-corrected chi connectivity index (χ0v) is 8.01. The van der Waals surface area contributed by atoms with Crippen molar-refractivity contribution in [3.05, 3.63) is 18.0 Å². The van der Waals surface area contributed by atoms with Crippen LogP contribution in [0.5, 0.6) is 0 Å². The van der Waals surface area contributed by atoms with Gasteiger partial charge in [-0.3, -0.25) is 14.3 Å². The van der Waals surface area contributed by atoms with Crippen LogP contribution >= 0.6 is 0 Å². The number of carboxylic acids is 1. The van der Waals surface area contributed by atoms with Crippen molar-refractivity contribution in [3.8, 4) is 0 Å². The smallest absolute Gasteiger partial charge is 0.325 e. The van der Waals surface area contributed by atoms with Crippen LogP contribution in [0.2, 0.25) is 0 Å². The van der Waals surface area contributed by atoms with Gasteiger partial charge in [0.15, 0.2) is 0 Å². The molecule has 1 heterocycles. The van der Waals surface area contributed by atoms with Crippen LogP contribution in [0.4, 0.5) is 0 Å². The van der Waals surface area contributed by atoms with Gasteiger partial charge in [0.1, 0.15) is 6.54 Å². The molecule has 0 saturated heterocycles. The summed E-state index contributed by atoms with van der Waals surface area (Å²) >= 11 is 0. The molecule has 6 nitrogen and oxygen atoms in total. The second-order valence-electron chi connectivity index (χ2n) is 3.57. The largest absolute Gasteiger partial charge is 0.480 e. The predicted molar refractivity (Wildman–Crippen MR) is 50.4 cm³/mol. The molecule has 0 radical (unpaired) electrons. The van der Waals surface area contributed by atoms with Gasteiger partial charge in [-0.25, -0.2) is 0 Å². The SMILES string of the molecule is O=C(O)Cn1cc(C(=O)NC2CC2)cn1. The summed E-state index contributed by atoms with van der Waals surface area (Å²) in [7, 11) is 0. The number of rotatable bonds is 4. The van der Waals surface area contributed by atoms with E-state index in [1.54, 1.807) is 0 Å². The zero-order chi connectivity index (χ0) is 10.8. The molecule has 0 aromatic carbocycles. The fourth-order valence-corrected chi connectivity index (χ4v) is 1.20. The first kappa shape index (κ1) is 9.70. The van der Waals surface area contributed by atoms with E-state index in [-0.39, 0.29) is 12.5 Å². The molecule has 6 heteroatoms. The lowest BCUT2D eigenvalue weighted by atomic mass is 10.3. The average Bonchev–Trinajstić information content (AvgIpc) is 2.83. The number of amides is 1. The Morgan fingerprint density at radius 3 is 2.93 bits per heavy atom. The summed E-state index contributed by atoms with van der Waals surface area (Å²) in [5.74, 6) is -1.17. The molecule has 1 aromatic rings. The van der Waals surface area contributed by atoms with Gasteiger partial charge in [0.05, 0.1) is 11.8 Å². The summed E-state index contributed by atoms with van der Waals surface area (Å²) in [6.45, 7) is -0.225. The fraction of sp³-hybridized carbons (Fsp3) is 0.444. The van der Waals surface area contributed by atoms with Crippen LogP contribution in [0, 0.1) is 0 Å². The molecule has 80 valence electrons. The molecule has 1 fully saturated rings. The first-order chi connectivity index (χ1) is 7.15. The number of aromatic nitrogens is 2. The van der Waals surface area contributed by atoms with Crippen LogP contribution in [0.25, 0.3) is 0 Å². The number of nitrogens with zero attached hydrogens (tertiary/aromatic N) is 2. The number of carbonyl (C=O) groups is 2. The van der Waals surface area contributed by atoms with Gasteiger partial charge in [-0.2, -0.15) is 5.10 Å². The Morgan fingerprint density at radius 2 is 2.33 bits per heavy atom. The average molecular weight is 209 g/mol. The van der Waals surface area contributed by atoms with Crippen molar-refractivity contribution in [1.29, 1.82) is 0 Å². The van der Waals surface area contributed by atoms with E-state index >= 15 is 0 Å². The van der Waals surface area contributed by atoms with Crippen molar-refractivity contribution in [2.45, 2.75) is 25.4 Å². The Morgan fingerprint density at radius 1 is 1.60 bits per heavy atom. The first-order valence-corrected chi connectivity index (χ1v) is 4.70. The normalized spacial score (nSPS) is 14.9. The lowest BCUT2D eigenvalue weighted by Gasteiger charge is -1.98. The molecule has 0 unspecified atom stereocenters. The Bertz CT molecular complexity index is 395. The highest BCUT2D eigenvalue weighted by molar-refractivity contribution is 5.94. The third kappa shape index (κ3) is 2.55. The van der Waals surface area contributed by atoms with Gasteiger partial charge in [-0.15, -0.1) is 0 Å². The molecule has 0 atom stereocenters. The summed E-state index contributed by atoms with van der Waals surface area (Å²) in [4.78, 5) is 21.9. The molecular weight excluding hydrogens is 198 g/mol. The highest BCUT2D eigenvalue weighted by Gasteiger charge is 2.24. The van der Waals surface area contributed by atoms with Crippen molar-refractivity contribution in [1.82, 2.24) is 15.1 Å². The second kappa shape index (κ2) is 3.72.